The number of furan rings is 1. The number of fused-ring (bicyclic) bond motifs is 1. The molecule has 1 fully saturated rings. The summed E-state index contributed by atoms with van der Waals surface area (Å²) >= 11 is 0. The van der Waals surface area contributed by atoms with Gasteiger partial charge in [-0.15, -0.1) is 0 Å². The predicted molar refractivity (Wildman–Crippen MR) is 80.7 cm³/mol. The van der Waals surface area contributed by atoms with Crippen molar-refractivity contribution in [3.05, 3.63) is 36.1 Å². The summed E-state index contributed by atoms with van der Waals surface area (Å²) in [6, 6.07) is 10.5. The van der Waals surface area contributed by atoms with Crippen molar-refractivity contribution in [3.8, 4) is 0 Å². The first-order valence-electron chi connectivity index (χ1n) is 7.66. The Morgan fingerprint density at radius 2 is 2.05 bits per heavy atom. The fourth-order valence-electron chi connectivity index (χ4n) is 3.11. The minimum absolute atomic E-state index is 0.541. The van der Waals surface area contributed by atoms with E-state index >= 15 is 0 Å². The lowest BCUT2D eigenvalue weighted by atomic mass is 9.80. The van der Waals surface area contributed by atoms with E-state index in [4.69, 9.17) is 4.42 Å². The summed E-state index contributed by atoms with van der Waals surface area (Å²) in [4.78, 5) is 0. The Morgan fingerprint density at radius 3 is 2.75 bits per heavy atom. The van der Waals surface area contributed by atoms with Crippen LogP contribution < -0.4 is 5.32 Å². The van der Waals surface area contributed by atoms with Crippen LogP contribution in [-0.2, 0) is 5.60 Å². The molecule has 1 aromatic carbocycles. The fraction of sp³-hybridized carbons (Fsp3) is 0.529. The predicted octanol–water partition coefficient (Wildman–Crippen LogP) is 3.56. The maximum absolute atomic E-state index is 10.9. The minimum Gasteiger partial charge on any atom is -0.458 e. The summed E-state index contributed by atoms with van der Waals surface area (Å²) < 4.78 is 5.86. The molecular formula is C17H23NO2. The van der Waals surface area contributed by atoms with Gasteiger partial charge in [0.25, 0.3) is 0 Å². The third-order valence-electron chi connectivity index (χ3n) is 4.38. The van der Waals surface area contributed by atoms with Gasteiger partial charge in [-0.05, 0) is 50.8 Å². The molecule has 0 atom stereocenters. The fourth-order valence-corrected chi connectivity index (χ4v) is 3.11. The molecule has 0 radical (unpaired) electrons. The van der Waals surface area contributed by atoms with Gasteiger partial charge in [-0.25, -0.2) is 0 Å². The van der Waals surface area contributed by atoms with Crippen molar-refractivity contribution < 1.29 is 9.52 Å². The van der Waals surface area contributed by atoms with Crippen LogP contribution in [0, 0.1) is 0 Å². The Balaban J connectivity index is 1.73. The molecular weight excluding hydrogens is 250 g/mol. The number of benzene rings is 1. The van der Waals surface area contributed by atoms with Crippen LogP contribution in [0.25, 0.3) is 11.0 Å². The summed E-state index contributed by atoms with van der Waals surface area (Å²) in [5.74, 6) is 0.729. The van der Waals surface area contributed by atoms with E-state index < -0.39 is 5.60 Å². The monoisotopic (exact) mass is 273 g/mol. The first-order valence-corrected chi connectivity index (χ1v) is 7.66. The van der Waals surface area contributed by atoms with E-state index in [9.17, 15) is 5.11 Å². The normalized spacial score (nSPS) is 27.0. The van der Waals surface area contributed by atoms with Gasteiger partial charge < -0.3 is 14.8 Å². The highest BCUT2D eigenvalue weighted by Gasteiger charge is 2.37. The molecule has 3 heteroatoms. The molecule has 0 amide bonds. The molecule has 1 aromatic heterocycles. The molecule has 3 rings (SSSR count). The van der Waals surface area contributed by atoms with Crippen LogP contribution >= 0.6 is 0 Å². The van der Waals surface area contributed by atoms with E-state index in [1.54, 1.807) is 0 Å². The van der Waals surface area contributed by atoms with Crippen LogP contribution in [0.1, 0.15) is 44.8 Å². The number of hydrogen-bond acceptors (Lipinski definition) is 3. The van der Waals surface area contributed by atoms with E-state index in [1.807, 2.05) is 30.3 Å². The zero-order valence-corrected chi connectivity index (χ0v) is 12.1. The van der Waals surface area contributed by atoms with Crippen molar-refractivity contribution in [2.45, 2.75) is 50.7 Å². The van der Waals surface area contributed by atoms with Crippen LogP contribution in [0.4, 0.5) is 0 Å². The van der Waals surface area contributed by atoms with E-state index in [2.05, 4.69) is 12.2 Å². The van der Waals surface area contributed by atoms with Gasteiger partial charge >= 0.3 is 0 Å². The van der Waals surface area contributed by atoms with Crippen LogP contribution in [0.5, 0.6) is 0 Å². The molecule has 1 heterocycles. The summed E-state index contributed by atoms with van der Waals surface area (Å²) in [5, 5.41) is 15.5. The molecule has 0 saturated heterocycles. The number of rotatable bonds is 4. The van der Waals surface area contributed by atoms with Crippen molar-refractivity contribution >= 4 is 11.0 Å². The van der Waals surface area contributed by atoms with Crippen LogP contribution in [0.15, 0.2) is 34.7 Å². The maximum Gasteiger partial charge on any atom is 0.136 e. The van der Waals surface area contributed by atoms with Gasteiger partial charge in [0.15, 0.2) is 0 Å². The van der Waals surface area contributed by atoms with Gasteiger partial charge in [0.2, 0.25) is 0 Å². The van der Waals surface area contributed by atoms with Crippen molar-refractivity contribution in [1.82, 2.24) is 5.32 Å². The van der Waals surface area contributed by atoms with Crippen molar-refractivity contribution in [1.29, 1.82) is 0 Å². The van der Waals surface area contributed by atoms with Crippen LogP contribution in [0.3, 0.4) is 0 Å². The van der Waals surface area contributed by atoms with Crippen LogP contribution in [0.2, 0.25) is 0 Å². The number of aliphatic hydroxyl groups is 1. The highest BCUT2D eigenvalue weighted by atomic mass is 16.4. The minimum atomic E-state index is -0.788. The largest absolute Gasteiger partial charge is 0.458 e. The first kappa shape index (κ1) is 13.7. The van der Waals surface area contributed by atoms with E-state index in [-0.39, 0.29) is 0 Å². The van der Waals surface area contributed by atoms with Gasteiger partial charge in [-0.1, -0.05) is 25.1 Å². The highest BCUT2D eigenvalue weighted by molar-refractivity contribution is 5.77. The smallest absolute Gasteiger partial charge is 0.136 e. The Labute approximate surface area is 120 Å². The van der Waals surface area contributed by atoms with E-state index in [0.29, 0.717) is 6.04 Å². The second kappa shape index (κ2) is 5.58. The molecule has 1 saturated carbocycles. The van der Waals surface area contributed by atoms with Gasteiger partial charge in [0, 0.05) is 11.4 Å². The summed E-state index contributed by atoms with van der Waals surface area (Å²) in [6.45, 7) is 3.24. The third-order valence-corrected chi connectivity index (χ3v) is 4.38. The molecule has 1 aliphatic carbocycles. The SMILES string of the molecule is CCCNC1CCC(O)(c2cc3ccccc3o2)CC1. The average Bonchev–Trinajstić information content (AvgIpc) is 2.91. The van der Waals surface area contributed by atoms with Crippen molar-refractivity contribution in [2.24, 2.45) is 0 Å². The molecule has 3 nitrogen and oxygen atoms in total. The highest BCUT2D eigenvalue weighted by Crippen LogP contribution is 2.39. The summed E-state index contributed by atoms with van der Waals surface area (Å²) in [5.41, 5.74) is 0.0748. The number of hydrogen-bond donors (Lipinski definition) is 2. The third kappa shape index (κ3) is 2.60. The van der Waals surface area contributed by atoms with Crippen molar-refractivity contribution in [2.75, 3.05) is 6.54 Å². The lowest BCUT2D eigenvalue weighted by Crippen LogP contribution is -2.39. The summed E-state index contributed by atoms with van der Waals surface area (Å²) in [7, 11) is 0. The molecule has 108 valence electrons. The Morgan fingerprint density at radius 1 is 1.30 bits per heavy atom. The average molecular weight is 273 g/mol. The molecule has 20 heavy (non-hydrogen) atoms. The molecule has 0 aliphatic heterocycles. The second-order valence-electron chi connectivity index (χ2n) is 5.91. The quantitative estimate of drug-likeness (QED) is 0.895. The molecule has 2 aromatic rings. The number of nitrogens with one attached hydrogen (secondary N) is 1. The van der Waals surface area contributed by atoms with Crippen molar-refractivity contribution in [3.63, 3.8) is 0 Å². The Bertz CT molecular complexity index is 534. The van der Waals surface area contributed by atoms with Gasteiger partial charge in [0.05, 0.1) is 0 Å². The van der Waals surface area contributed by atoms with Crippen LogP contribution in [-0.4, -0.2) is 17.7 Å². The van der Waals surface area contributed by atoms with Gasteiger partial charge in [-0.2, -0.15) is 0 Å². The topological polar surface area (TPSA) is 45.4 Å². The van der Waals surface area contributed by atoms with Gasteiger partial charge in [0.1, 0.15) is 16.9 Å². The van der Waals surface area contributed by atoms with Gasteiger partial charge in [-0.3, -0.25) is 0 Å². The molecule has 0 spiro atoms. The molecule has 1 aliphatic rings. The zero-order chi connectivity index (χ0) is 14.0. The second-order valence-corrected chi connectivity index (χ2v) is 5.91. The standard InChI is InChI=1S/C17H23NO2/c1-2-11-18-14-7-9-17(19,10-8-14)16-12-13-5-3-4-6-15(13)20-16/h3-6,12,14,18-19H,2,7-11H2,1H3. The molecule has 0 bridgehead atoms. The van der Waals surface area contributed by atoms with E-state index in [1.165, 1.54) is 0 Å². The lowest BCUT2D eigenvalue weighted by molar-refractivity contribution is -0.0254. The van der Waals surface area contributed by atoms with E-state index in [0.717, 1.165) is 55.4 Å². The lowest BCUT2D eigenvalue weighted by Gasteiger charge is -2.34. The Hall–Kier alpha value is -1.32. The summed E-state index contributed by atoms with van der Waals surface area (Å²) in [6.07, 6.45) is 4.72. The number of para-hydroxylation sites is 1. The zero-order valence-electron chi connectivity index (χ0n) is 12.1. The maximum atomic E-state index is 10.9. The molecule has 2 N–H and O–H groups in total. The molecule has 0 unspecified atom stereocenters. The first-order chi connectivity index (χ1) is 9.71. The Kier molecular flexibility index (Phi) is 3.81.